The summed E-state index contributed by atoms with van der Waals surface area (Å²) in [7, 11) is 0. The molecular formula is C22H36O5. The summed E-state index contributed by atoms with van der Waals surface area (Å²) in [5, 5.41) is 28.1. The molecule has 0 aliphatic rings. The molecule has 0 aliphatic carbocycles. The molecule has 0 amide bonds. The number of aromatic hydroxyl groups is 3. The van der Waals surface area contributed by atoms with Gasteiger partial charge in [0.15, 0.2) is 17.2 Å². The van der Waals surface area contributed by atoms with Crippen LogP contribution in [0.2, 0.25) is 0 Å². The van der Waals surface area contributed by atoms with Crippen molar-refractivity contribution in [2.75, 3.05) is 6.61 Å². The second-order valence-electron chi connectivity index (χ2n) is 7.27. The van der Waals surface area contributed by atoms with Crippen LogP contribution in [0.5, 0.6) is 17.2 Å². The van der Waals surface area contributed by atoms with Crippen molar-refractivity contribution in [3.8, 4) is 17.2 Å². The van der Waals surface area contributed by atoms with Crippen molar-refractivity contribution < 1.29 is 24.9 Å². The molecular weight excluding hydrogens is 344 g/mol. The number of rotatable bonds is 15. The molecule has 0 fully saturated rings. The Hall–Kier alpha value is -1.91. The highest BCUT2D eigenvalue weighted by Gasteiger charge is 2.11. The van der Waals surface area contributed by atoms with Crippen LogP contribution in [0, 0.1) is 0 Å². The second-order valence-corrected chi connectivity index (χ2v) is 7.27. The molecule has 0 spiro atoms. The van der Waals surface area contributed by atoms with Crippen LogP contribution < -0.4 is 0 Å². The van der Waals surface area contributed by atoms with E-state index < -0.39 is 23.2 Å². The van der Waals surface area contributed by atoms with Gasteiger partial charge in [-0.3, -0.25) is 4.79 Å². The van der Waals surface area contributed by atoms with E-state index in [1.165, 1.54) is 76.3 Å². The summed E-state index contributed by atoms with van der Waals surface area (Å²) in [5.74, 6) is -1.87. The van der Waals surface area contributed by atoms with Crippen molar-refractivity contribution in [3.63, 3.8) is 0 Å². The number of ether oxygens (including phenoxy) is 1. The molecule has 0 saturated heterocycles. The summed E-state index contributed by atoms with van der Waals surface area (Å²) in [6.07, 6.45) is 15.1. The molecule has 5 nitrogen and oxygen atoms in total. The molecule has 1 aromatic rings. The first-order valence-electron chi connectivity index (χ1n) is 10.4. The number of carbonyl (C=O) groups is 1. The van der Waals surface area contributed by atoms with Gasteiger partial charge in [-0.25, -0.2) is 0 Å². The van der Waals surface area contributed by atoms with E-state index in [2.05, 4.69) is 6.92 Å². The third-order valence-electron chi connectivity index (χ3n) is 4.74. The molecule has 0 unspecified atom stereocenters. The van der Waals surface area contributed by atoms with Gasteiger partial charge in [0.1, 0.15) is 0 Å². The van der Waals surface area contributed by atoms with Gasteiger partial charge >= 0.3 is 5.97 Å². The van der Waals surface area contributed by atoms with Gasteiger partial charge in [0.25, 0.3) is 0 Å². The lowest BCUT2D eigenvalue weighted by Crippen LogP contribution is -2.09. The fourth-order valence-electron chi connectivity index (χ4n) is 3.11. The topological polar surface area (TPSA) is 87.0 Å². The lowest BCUT2D eigenvalue weighted by atomic mass is 10.1. The summed E-state index contributed by atoms with van der Waals surface area (Å²) in [6, 6.07) is 2.50. The Labute approximate surface area is 163 Å². The number of unbranched alkanes of at least 4 members (excludes halogenated alkanes) is 11. The van der Waals surface area contributed by atoms with E-state index in [1.54, 1.807) is 0 Å². The molecule has 5 heteroatoms. The molecule has 1 aromatic carbocycles. The molecule has 0 aromatic heterocycles. The normalized spacial score (nSPS) is 10.9. The monoisotopic (exact) mass is 380 g/mol. The van der Waals surface area contributed by atoms with Gasteiger partial charge in [-0.2, -0.15) is 0 Å². The largest absolute Gasteiger partial charge is 0.504 e. The number of phenols is 3. The molecule has 154 valence electrons. The molecule has 0 heterocycles. The molecule has 1 rings (SSSR count). The number of esters is 1. The van der Waals surface area contributed by atoms with E-state index in [1.807, 2.05) is 0 Å². The zero-order valence-electron chi connectivity index (χ0n) is 16.7. The molecule has 0 atom stereocenters. The Bertz CT molecular complexity index is 518. The predicted octanol–water partition coefficient (Wildman–Crippen LogP) is 5.59. The van der Waals surface area contributed by atoms with Gasteiger partial charge in [-0.05, 0) is 24.1 Å². The van der Waals surface area contributed by atoms with Crippen molar-refractivity contribution in [1.29, 1.82) is 0 Å². The molecule has 0 saturated carbocycles. The first-order chi connectivity index (χ1) is 13.0. The molecule has 3 N–H and O–H groups in total. The van der Waals surface area contributed by atoms with E-state index in [9.17, 15) is 20.1 Å². The van der Waals surface area contributed by atoms with Crippen molar-refractivity contribution in [3.05, 3.63) is 17.7 Å². The highest BCUT2D eigenvalue weighted by atomic mass is 16.5. The number of hydrogen-bond acceptors (Lipinski definition) is 5. The van der Waals surface area contributed by atoms with Crippen molar-refractivity contribution >= 4 is 5.97 Å². The standard InChI is InChI=1S/C22H36O5/c1-2-3-4-5-6-7-8-9-10-11-12-13-14-27-21(25)17-18-15-19(23)22(26)20(24)16-18/h15-16,23-24,26H,2-14,17H2,1H3. The second kappa shape index (κ2) is 14.2. The van der Waals surface area contributed by atoms with Crippen LogP contribution in [-0.4, -0.2) is 27.9 Å². The zero-order chi connectivity index (χ0) is 19.9. The Morgan fingerprint density at radius 2 is 1.22 bits per heavy atom. The highest BCUT2D eigenvalue weighted by Crippen LogP contribution is 2.35. The summed E-state index contributed by atoms with van der Waals surface area (Å²) < 4.78 is 5.18. The zero-order valence-corrected chi connectivity index (χ0v) is 16.7. The Kier molecular flexibility index (Phi) is 12.2. The Morgan fingerprint density at radius 3 is 1.70 bits per heavy atom. The fraction of sp³-hybridized carbons (Fsp3) is 0.682. The van der Waals surface area contributed by atoms with Crippen LogP contribution in [0.4, 0.5) is 0 Å². The van der Waals surface area contributed by atoms with Crippen molar-refractivity contribution in [1.82, 2.24) is 0 Å². The lowest BCUT2D eigenvalue weighted by Gasteiger charge is -2.07. The molecule has 0 radical (unpaired) electrons. The Morgan fingerprint density at radius 1 is 0.778 bits per heavy atom. The maximum atomic E-state index is 11.8. The average Bonchev–Trinajstić information content (AvgIpc) is 2.63. The van der Waals surface area contributed by atoms with Gasteiger partial charge < -0.3 is 20.1 Å². The van der Waals surface area contributed by atoms with E-state index >= 15 is 0 Å². The number of carbonyl (C=O) groups excluding carboxylic acids is 1. The van der Waals surface area contributed by atoms with E-state index in [4.69, 9.17) is 4.74 Å². The minimum absolute atomic E-state index is 0.0420. The van der Waals surface area contributed by atoms with E-state index in [-0.39, 0.29) is 6.42 Å². The Balaban J connectivity index is 1.97. The van der Waals surface area contributed by atoms with Gasteiger partial charge in [0, 0.05) is 0 Å². The number of phenolic OH excluding ortho intramolecular Hbond substituents is 3. The minimum Gasteiger partial charge on any atom is -0.504 e. The summed E-state index contributed by atoms with van der Waals surface area (Å²) >= 11 is 0. The van der Waals surface area contributed by atoms with E-state index in [0.29, 0.717) is 12.2 Å². The smallest absolute Gasteiger partial charge is 0.310 e. The van der Waals surface area contributed by atoms with E-state index in [0.717, 1.165) is 12.8 Å². The van der Waals surface area contributed by atoms with Gasteiger partial charge in [-0.1, -0.05) is 77.6 Å². The van der Waals surface area contributed by atoms with Gasteiger partial charge in [0.2, 0.25) is 0 Å². The molecule has 0 aliphatic heterocycles. The number of benzene rings is 1. The molecule has 0 bridgehead atoms. The van der Waals surface area contributed by atoms with Crippen molar-refractivity contribution in [2.24, 2.45) is 0 Å². The maximum absolute atomic E-state index is 11.8. The van der Waals surface area contributed by atoms with Crippen LogP contribution in [0.25, 0.3) is 0 Å². The van der Waals surface area contributed by atoms with Crippen LogP contribution in [0.15, 0.2) is 12.1 Å². The first-order valence-corrected chi connectivity index (χ1v) is 10.4. The minimum atomic E-state index is -0.580. The maximum Gasteiger partial charge on any atom is 0.310 e. The molecule has 27 heavy (non-hydrogen) atoms. The average molecular weight is 381 g/mol. The third kappa shape index (κ3) is 10.7. The SMILES string of the molecule is CCCCCCCCCCCCCCOC(=O)Cc1cc(O)c(O)c(O)c1. The van der Waals surface area contributed by atoms with Crippen LogP contribution in [0.1, 0.15) is 89.5 Å². The summed E-state index contributed by atoms with van der Waals surface area (Å²) in [4.78, 5) is 11.8. The van der Waals surface area contributed by atoms with Gasteiger partial charge in [-0.15, -0.1) is 0 Å². The quantitative estimate of drug-likeness (QED) is 0.210. The third-order valence-corrected chi connectivity index (χ3v) is 4.74. The fourth-order valence-corrected chi connectivity index (χ4v) is 3.11. The van der Waals surface area contributed by atoms with Crippen LogP contribution in [-0.2, 0) is 16.0 Å². The predicted molar refractivity (Wildman–Crippen MR) is 107 cm³/mol. The van der Waals surface area contributed by atoms with Crippen molar-refractivity contribution in [2.45, 2.75) is 90.4 Å². The highest BCUT2D eigenvalue weighted by molar-refractivity contribution is 5.73. The summed E-state index contributed by atoms with van der Waals surface area (Å²) in [5.41, 5.74) is 0.405. The van der Waals surface area contributed by atoms with Crippen LogP contribution >= 0.6 is 0 Å². The summed E-state index contributed by atoms with van der Waals surface area (Å²) in [6.45, 7) is 2.64. The van der Waals surface area contributed by atoms with Gasteiger partial charge in [0.05, 0.1) is 13.0 Å². The van der Waals surface area contributed by atoms with Crippen LogP contribution in [0.3, 0.4) is 0 Å². The first kappa shape index (κ1) is 23.1. The lowest BCUT2D eigenvalue weighted by molar-refractivity contribution is -0.142. The number of hydrogen-bond donors (Lipinski definition) is 3.